The van der Waals surface area contributed by atoms with Crippen molar-refractivity contribution in [2.75, 3.05) is 27.3 Å². The first-order valence-electron chi connectivity index (χ1n) is 6.04. The minimum Gasteiger partial charge on any atom is -0.389 e. The summed E-state index contributed by atoms with van der Waals surface area (Å²) >= 11 is 2.96. The Hall–Kier alpha value is -1.28. The Labute approximate surface area is 125 Å². The lowest BCUT2D eigenvalue weighted by molar-refractivity contribution is 0.0382. The fraction of sp³-hybridized carbons (Fsp3) is 0.385. The molecule has 0 aliphatic rings. The van der Waals surface area contributed by atoms with Crippen LogP contribution in [-0.2, 0) is 4.74 Å². The molecule has 0 aliphatic heterocycles. The number of rotatable bonds is 6. The molecule has 1 amide bonds. The van der Waals surface area contributed by atoms with Crippen molar-refractivity contribution in [3.63, 3.8) is 0 Å². The van der Waals surface area contributed by atoms with Crippen molar-refractivity contribution < 1.29 is 14.6 Å². The van der Waals surface area contributed by atoms with Crippen LogP contribution in [0.25, 0.3) is 9.88 Å². The lowest BCUT2D eigenvalue weighted by Gasteiger charge is -2.19. The van der Waals surface area contributed by atoms with Gasteiger partial charge < -0.3 is 14.7 Å². The van der Waals surface area contributed by atoms with Gasteiger partial charge in [0.1, 0.15) is 9.88 Å². The summed E-state index contributed by atoms with van der Waals surface area (Å²) in [6.07, 6.45) is 0.903. The van der Waals surface area contributed by atoms with Crippen LogP contribution < -0.4 is 0 Å². The molecule has 1 N–H and O–H groups in total. The van der Waals surface area contributed by atoms with Gasteiger partial charge in [0.25, 0.3) is 5.91 Å². The highest BCUT2D eigenvalue weighted by molar-refractivity contribution is 7.21. The number of carbonyl (C=O) groups excluding carboxylic acids is 1. The third-order valence-corrected chi connectivity index (χ3v) is 4.66. The zero-order valence-corrected chi connectivity index (χ0v) is 12.9. The molecule has 0 spiro atoms. The van der Waals surface area contributed by atoms with Gasteiger partial charge in [-0.25, -0.2) is 4.98 Å². The van der Waals surface area contributed by atoms with Gasteiger partial charge >= 0.3 is 0 Å². The Morgan fingerprint density at radius 1 is 1.60 bits per heavy atom. The highest BCUT2D eigenvalue weighted by Crippen LogP contribution is 2.29. The second-order valence-electron chi connectivity index (χ2n) is 4.30. The Balaban J connectivity index is 2.02. The van der Waals surface area contributed by atoms with Crippen LogP contribution in [0.2, 0.25) is 0 Å². The average Bonchev–Trinajstić information content (AvgIpc) is 3.08. The van der Waals surface area contributed by atoms with Gasteiger partial charge in [-0.15, -0.1) is 22.7 Å². The maximum Gasteiger partial charge on any atom is 0.265 e. The van der Waals surface area contributed by atoms with Gasteiger partial charge in [-0.3, -0.25) is 4.79 Å². The van der Waals surface area contributed by atoms with Crippen molar-refractivity contribution in [2.45, 2.75) is 6.10 Å². The topological polar surface area (TPSA) is 62.7 Å². The summed E-state index contributed by atoms with van der Waals surface area (Å²) in [5, 5.41) is 12.5. The average molecular weight is 312 g/mol. The van der Waals surface area contributed by atoms with E-state index in [4.69, 9.17) is 4.74 Å². The number of likely N-dealkylation sites (N-methyl/N-ethyl adjacent to an activating group) is 1. The SMILES string of the molecule is COCC(O)CN(C)C(=O)c1cnc(-c2cccs2)s1. The molecule has 2 aromatic heterocycles. The van der Waals surface area contributed by atoms with Crippen LogP contribution in [0.5, 0.6) is 0 Å². The Morgan fingerprint density at radius 2 is 2.40 bits per heavy atom. The summed E-state index contributed by atoms with van der Waals surface area (Å²) in [6.45, 7) is 0.444. The summed E-state index contributed by atoms with van der Waals surface area (Å²) in [5.41, 5.74) is 0. The van der Waals surface area contributed by atoms with Crippen molar-refractivity contribution in [3.8, 4) is 9.88 Å². The van der Waals surface area contributed by atoms with Gasteiger partial charge in [0, 0.05) is 20.7 Å². The summed E-state index contributed by atoms with van der Waals surface area (Å²) in [5.74, 6) is -0.138. The smallest absolute Gasteiger partial charge is 0.265 e. The van der Waals surface area contributed by atoms with Gasteiger partial charge in [-0.2, -0.15) is 0 Å². The van der Waals surface area contributed by atoms with Gasteiger partial charge in [-0.1, -0.05) is 6.07 Å². The molecule has 0 aromatic carbocycles. The molecule has 108 valence electrons. The maximum atomic E-state index is 12.2. The van der Waals surface area contributed by atoms with Crippen LogP contribution in [-0.4, -0.2) is 54.3 Å². The van der Waals surface area contributed by atoms with Crippen molar-refractivity contribution >= 4 is 28.6 Å². The van der Waals surface area contributed by atoms with Crippen molar-refractivity contribution in [2.24, 2.45) is 0 Å². The van der Waals surface area contributed by atoms with E-state index in [1.165, 1.54) is 23.3 Å². The number of hydrogen-bond donors (Lipinski definition) is 1. The van der Waals surface area contributed by atoms with E-state index in [0.29, 0.717) is 4.88 Å². The van der Waals surface area contributed by atoms with Gasteiger partial charge in [0.2, 0.25) is 0 Å². The summed E-state index contributed by atoms with van der Waals surface area (Å²) in [4.78, 5) is 19.6. The first kappa shape index (κ1) is 15.1. The largest absolute Gasteiger partial charge is 0.389 e. The first-order chi connectivity index (χ1) is 9.61. The fourth-order valence-electron chi connectivity index (χ4n) is 1.72. The highest BCUT2D eigenvalue weighted by atomic mass is 32.1. The van der Waals surface area contributed by atoms with Crippen LogP contribution >= 0.6 is 22.7 Å². The Morgan fingerprint density at radius 3 is 3.05 bits per heavy atom. The molecular weight excluding hydrogens is 296 g/mol. The highest BCUT2D eigenvalue weighted by Gasteiger charge is 2.18. The molecule has 0 bridgehead atoms. The standard InChI is InChI=1S/C13H16N2O3S2/c1-15(7-9(16)8-18-2)13(17)11-6-14-12(20-11)10-4-3-5-19-10/h3-6,9,16H,7-8H2,1-2H3. The second kappa shape index (κ2) is 6.94. The molecule has 2 aromatic rings. The van der Waals surface area contributed by atoms with E-state index >= 15 is 0 Å². The number of methoxy groups -OCH3 is 1. The van der Waals surface area contributed by atoms with E-state index in [1.807, 2.05) is 17.5 Å². The van der Waals surface area contributed by atoms with Crippen LogP contribution in [0.15, 0.2) is 23.7 Å². The zero-order valence-electron chi connectivity index (χ0n) is 11.3. The normalized spacial score (nSPS) is 12.3. The fourth-order valence-corrected chi connectivity index (χ4v) is 3.43. The third-order valence-electron chi connectivity index (χ3n) is 2.64. The lowest BCUT2D eigenvalue weighted by Crippen LogP contribution is -2.35. The van der Waals surface area contributed by atoms with Crippen molar-refractivity contribution in [3.05, 3.63) is 28.6 Å². The van der Waals surface area contributed by atoms with Gasteiger partial charge in [0.15, 0.2) is 0 Å². The van der Waals surface area contributed by atoms with E-state index in [9.17, 15) is 9.90 Å². The van der Waals surface area contributed by atoms with Gasteiger partial charge in [0.05, 0.1) is 23.8 Å². The molecule has 0 fully saturated rings. The van der Waals surface area contributed by atoms with Crippen LogP contribution in [0.3, 0.4) is 0 Å². The van der Waals surface area contributed by atoms with E-state index in [2.05, 4.69) is 4.98 Å². The summed E-state index contributed by atoms with van der Waals surface area (Å²) < 4.78 is 4.85. The molecule has 2 rings (SSSR count). The number of hydrogen-bond acceptors (Lipinski definition) is 6. The van der Waals surface area contributed by atoms with Crippen molar-refractivity contribution in [1.82, 2.24) is 9.88 Å². The Kier molecular flexibility index (Phi) is 5.24. The molecular formula is C13H16N2O3S2. The predicted octanol–water partition coefficient (Wildman–Crippen LogP) is 1.95. The molecule has 20 heavy (non-hydrogen) atoms. The predicted molar refractivity (Wildman–Crippen MR) is 80.3 cm³/mol. The van der Waals surface area contributed by atoms with Gasteiger partial charge in [-0.05, 0) is 11.4 Å². The second-order valence-corrected chi connectivity index (χ2v) is 6.28. The van der Waals surface area contributed by atoms with E-state index in [1.54, 1.807) is 24.6 Å². The number of aromatic nitrogens is 1. The number of nitrogens with zero attached hydrogens (tertiary/aromatic N) is 2. The number of amides is 1. The van der Waals surface area contributed by atoms with Crippen LogP contribution in [0.4, 0.5) is 0 Å². The van der Waals surface area contributed by atoms with Crippen LogP contribution in [0.1, 0.15) is 9.67 Å². The monoisotopic (exact) mass is 312 g/mol. The molecule has 5 nitrogen and oxygen atoms in total. The minimum atomic E-state index is -0.682. The molecule has 7 heteroatoms. The molecule has 0 radical (unpaired) electrons. The van der Waals surface area contributed by atoms with E-state index in [-0.39, 0.29) is 19.1 Å². The third kappa shape index (κ3) is 3.63. The number of aliphatic hydroxyl groups excluding tert-OH is 1. The quantitative estimate of drug-likeness (QED) is 0.885. The molecule has 0 saturated carbocycles. The lowest BCUT2D eigenvalue weighted by atomic mass is 10.3. The van der Waals surface area contributed by atoms with E-state index in [0.717, 1.165) is 9.88 Å². The number of thiophene rings is 1. The van der Waals surface area contributed by atoms with Crippen LogP contribution in [0, 0.1) is 0 Å². The molecule has 0 saturated heterocycles. The number of carbonyl (C=O) groups is 1. The first-order valence-corrected chi connectivity index (χ1v) is 7.73. The molecule has 1 unspecified atom stereocenters. The zero-order chi connectivity index (χ0) is 14.5. The molecule has 1 atom stereocenters. The Bertz CT molecular complexity index is 554. The maximum absolute atomic E-state index is 12.2. The number of ether oxygens (including phenoxy) is 1. The summed E-state index contributed by atoms with van der Waals surface area (Å²) in [7, 11) is 3.17. The minimum absolute atomic E-state index is 0.138. The molecule has 0 aliphatic carbocycles. The van der Waals surface area contributed by atoms with Crippen molar-refractivity contribution in [1.29, 1.82) is 0 Å². The van der Waals surface area contributed by atoms with E-state index < -0.39 is 6.10 Å². The molecule has 2 heterocycles. The number of thiazole rings is 1. The summed E-state index contributed by atoms with van der Waals surface area (Å²) in [6, 6.07) is 3.93. The number of aliphatic hydroxyl groups is 1.